The predicted octanol–water partition coefficient (Wildman–Crippen LogP) is 0.512. The van der Waals surface area contributed by atoms with Gasteiger partial charge < -0.3 is 43.4 Å². The van der Waals surface area contributed by atoms with E-state index in [1.54, 1.807) is 0 Å². The van der Waals surface area contributed by atoms with Crippen LogP contribution in [-0.4, -0.2) is 70.5 Å². The Labute approximate surface area is 179 Å². The number of carboxylic acid groups (broad SMARTS) is 4. The van der Waals surface area contributed by atoms with Gasteiger partial charge in [0.15, 0.2) is 0 Å². The van der Waals surface area contributed by atoms with E-state index in [0.29, 0.717) is 0 Å². The minimum Gasteiger partial charge on any atom is -0.481 e. The zero-order chi connectivity index (χ0) is 25.4. The fourth-order valence-electron chi connectivity index (χ4n) is 0.931. The quantitative estimate of drug-likeness (QED) is 0.238. The number of unbranched alkanes of at least 4 members (excludes halogenated alkanes) is 4. The lowest BCUT2D eigenvalue weighted by Gasteiger charge is -1.94. The lowest BCUT2D eigenvalue weighted by molar-refractivity contribution is -0.135. The molecule has 0 aliphatic rings. The molecule has 0 aromatic carbocycles. The molecule has 0 aliphatic carbocycles. The normalized spacial score (nSPS) is 7.73. The van der Waals surface area contributed by atoms with E-state index >= 15 is 0 Å². The number of rotatable bonds is 8. The van der Waals surface area contributed by atoms with Gasteiger partial charge in [0.05, 0.1) is 0 Å². The molecule has 0 heterocycles. The highest BCUT2D eigenvalue weighted by Crippen LogP contribution is 1.95. The van der Waals surface area contributed by atoms with Crippen LogP contribution >= 0.6 is 0 Å². The van der Waals surface area contributed by atoms with E-state index in [-0.39, 0.29) is 0 Å². The van der Waals surface area contributed by atoms with Crippen LogP contribution in [0.5, 0.6) is 0 Å². The van der Waals surface area contributed by atoms with Crippen molar-refractivity contribution in [3.05, 3.63) is 0 Å². The topological polar surface area (TPSA) is 253 Å². The van der Waals surface area contributed by atoms with Crippen LogP contribution in [0.15, 0.2) is 0 Å². The molecule has 0 saturated carbocycles. The maximum absolute atomic E-state index is 9.00. The van der Waals surface area contributed by atoms with Gasteiger partial charge in [0.1, 0.15) is 0 Å². The number of hydrogen-bond donors (Lipinski definition) is 8. The molecule has 0 aliphatic heterocycles. The molecule has 0 amide bonds. The Morgan fingerprint density at radius 1 is 0.433 bits per heavy atom. The minimum atomic E-state index is -0.833. The van der Waals surface area contributed by atoms with Crippen molar-refractivity contribution < 1.29 is 39.6 Å². The predicted molar refractivity (Wildman–Crippen MR) is 117 cm³/mol. The van der Waals surface area contributed by atoms with Gasteiger partial charge in [0, 0.05) is 27.7 Å². The summed E-state index contributed by atoms with van der Waals surface area (Å²) in [6.45, 7) is 7.53. The number of aliphatic carboxylic acids is 4. The zero-order valence-electron chi connectivity index (χ0n) is 18.8. The van der Waals surface area contributed by atoms with Gasteiger partial charge in [-0.3, -0.25) is 19.2 Å². The van der Waals surface area contributed by atoms with E-state index < -0.39 is 23.9 Å². The maximum atomic E-state index is 9.00. The van der Waals surface area contributed by atoms with E-state index in [1.807, 2.05) is 0 Å². The standard InChI is InChI=1S/C6H16N2.C4H12N2.4C2H4O2/c7-5-3-1-2-4-6-8;5-3-1-2-4-6;4*1-2(3)4/h1-8H2;1-6H2;4*1H3,(H,3,4). The summed E-state index contributed by atoms with van der Waals surface area (Å²) in [5.74, 6) is -3.33. The Bertz CT molecular complexity index is 296. The Balaban J connectivity index is -0.0000000593. The number of nitrogens with two attached hydrogens (primary N) is 4. The van der Waals surface area contributed by atoms with Gasteiger partial charge in [-0.2, -0.15) is 0 Å². The molecule has 0 rings (SSSR count). The monoisotopic (exact) mass is 444 g/mol. The summed E-state index contributed by atoms with van der Waals surface area (Å²) in [6.07, 6.45) is 6.92. The average molecular weight is 445 g/mol. The van der Waals surface area contributed by atoms with Crippen LogP contribution in [0.3, 0.4) is 0 Å². The van der Waals surface area contributed by atoms with Gasteiger partial charge in [-0.05, 0) is 51.9 Å². The first-order valence-electron chi connectivity index (χ1n) is 9.34. The fourth-order valence-corrected chi connectivity index (χ4v) is 0.931. The maximum Gasteiger partial charge on any atom is 0.300 e. The van der Waals surface area contributed by atoms with Crippen LogP contribution in [0.4, 0.5) is 0 Å². The highest BCUT2D eigenvalue weighted by Gasteiger charge is 1.83. The molecule has 0 aromatic rings. The van der Waals surface area contributed by atoms with Crippen molar-refractivity contribution in [1.82, 2.24) is 0 Å². The first-order chi connectivity index (χ1) is 13.8. The third-order valence-electron chi connectivity index (χ3n) is 1.82. The number of carboxylic acids is 4. The highest BCUT2D eigenvalue weighted by atomic mass is 16.4. The van der Waals surface area contributed by atoms with Crippen LogP contribution in [-0.2, 0) is 19.2 Å². The van der Waals surface area contributed by atoms with Crippen molar-refractivity contribution in [2.24, 2.45) is 22.9 Å². The van der Waals surface area contributed by atoms with E-state index in [4.69, 9.17) is 62.5 Å². The summed E-state index contributed by atoms with van der Waals surface area (Å²) < 4.78 is 0. The first-order valence-corrected chi connectivity index (χ1v) is 9.34. The third-order valence-corrected chi connectivity index (χ3v) is 1.82. The minimum absolute atomic E-state index is 0.775. The average Bonchev–Trinajstić information content (AvgIpc) is 2.55. The Hall–Kier alpha value is -2.28. The van der Waals surface area contributed by atoms with E-state index in [2.05, 4.69) is 0 Å². The van der Waals surface area contributed by atoms with E-state index in [0.717, 1.165) is 79.6 Å². The van der Waals surface area contributed by atoms with E-state index in [1.165, 1.54) is 12.8 Å². The molecule has 0 atom stereocenters. The number of carbonyl (C=O) groups is 4. The molecule has 12 N–H and O–H groups in total. The summed E-state index contributed by atoms with van der Waals surface area (Å²) in [4.78, 5) is 36.0. The summed E-state index contributed by atoms with van der Waals surface area (Å²) in [5, 5.41) is 29.7. The molecule has 0 radical (unpaired) electrons. The SMILES string of the molecule is CC(=O)O.CC(=O)O.CC(=O)O.CC(=O)O.NCCCCCCN.NCCCCN. The fraction of sp³-hybridized carbons (Fsp3) is 0.778. The van der Waals surface area contributed by atoms with Crippen LogP contribution < -0.4 is 22.9 Å². The highest BCUT2D eigenvalue weighted by molar-refractivity contribution is 5.63. The second-order valence-corrected chi connectivity index (χ2v) is 5.35. The molecule has 0 bridgehead atoms. The summed E-state index contributed by atoms with van der Waals surface area (Å²) in [6, 6.07) is 0. The Morgan fingerprint density at radius 2 is 0.533 bits per heavy atom. The van der Waals surface area contributed by atoms with Crippen LogP contribution in [0.25, 0.3) is 0 Å². The molecule has 0 spiro atoms. The smallest absolute Gasteiger partial charge is 0.300 e. The van der Waals surface area contributed by atoms with Crippen molar-refractivity contribution in [3.8, 4) is 0 Å². The summed E-state index contributed by atoms with van der Waals surface area (Å²) in [7, 11) is 0. The van der Waals surface area contributed by atoms with Gasteiger partial charge in [0.25, 0.3) is 23.9 Å². The van der Waals surface area contributed by atoms with Gasteiger partial charge in [0.2, 0.25) is 0 Å². The van der Waals surface area contributed by atoms with Crippen molar-refractivity contribution in [2.45, 2.75) is 66.2 Å². The lowest BCUT2D eigenvalue weighted by atomic mass is 10.2. The van der Waals surface area contributed by atoms with Gasteiger partial charge >= 0.3 is 0 Å². The third kappa shape index (κ3) is 480. The summed E-state index contributed by atoms with van der Waals surface area (Å²) >= 11 is 0. The van der Waals surface area contributed by atoms with Crippen LogP contribution in [0.2, 0.25) is 0 Å². The molecule has 12 heteroatoms. The van der Waals surface area contributed by atoms with Gasteiger partial charge in [-0.25, -0.2) is 0 Å². The molecule has 0 fully saturated rings. The Morgan fingerprint density at radius 3 is 0.633 bits per heavy atom. The second-order valence-electron chi connectivity index (χ2n) is 5.35. The molecule has 30 heavy (non-hydrogen) atoms. The largest absolute Gasteiger partial charge is 0.481 e. The summed E-state index contributed by atoms with van der Waals surface area (Å²) in [5.41, 5.74) is 20.9. The van der Waals surface area contributed by atoms with Crippen molar-refractivity contribution in [1.29, 1.82) is 0 Å². The lowest BCUT2D eigenvalue weighted by Crippen LogP contribution is -2.03. The molecular weight excluding hydrogens is 400 g/mol. The Kier molecular flexibility index (Phi) is 63.6. The number of hydrogen-bond acceptors (Lipinski definition) is 8. The first kappa shape index (κ1) is 42.0. The van der Waals surface area contributed by atoms with Crippen molar-refractivity contribution >= 4 is 23.9 Å². The molecule has 184 valence electrons. The zero-order valence-corrected chi connectivity index (χ0v) is 18.8. The molecule has 0 saturated heterocycles. The van der Waals surface area contributed by atoms with Crippen LogP contribution in [0.1, 0.15) is 66.2 Å². The molecular formula is C18H44N4O8. The molecule has 12 nitrogen and oxygen atoms in total. The molecule has 0 unspecified atom stereocenters. The van der Waals surface area contributed by atoms with Crippen molar-refractivity contribution in [2.75, 3.05) is 26.2 Å². The van der Waals surface area contributed by atoms with E-state index in [9.17, 15) is 0 Å². The van der Waals surface area contributed by atoms with Crippen LogP contribution in [0, 0.1) is 0 Å². The van der Waals surface area contributed by atoms with Gasteiger partial charge in [-0.15, -0.1) is 0 Å². The molecule has 0 aromatic heterocycles. The second kappa shape index (κ2) is 45.5. The van der Waals surface area contributed by atoms with Crippen molar-refractivity contribution in [3.63, 3.8) is 0 Å². The van der Waals surface area contributed by atoms with Gasteiger partial charge in [-0.1, -0.05) is 12.8 Å².